The molecule has 29 heavy (non-hydrogen) atoms. The number of aryl methyl sites for hydroxylation is 2. The molecule has 0 spiro atoms. The summed E-state index contributed by atoms with van der Waals surface area (Å²) < 4.78 is 2.08. The molecule has 0 aromatic carbocycles. The molecule has 1 amide bonds. The minimum absolute atomic E-state index is 0.153. The van der Waals surface area contributed by atoms with Crippen molar-refractivity contribution in [3.63, 3.8) is 0 Å². The van der Waals surface area contributed by atoms with E-state index >= 15 is 0 Å². The van der Waals surface area contributed by atoms with Gasteiger partial charge < -0.3 is 19.9 Å². The molecule has 7 nitrogen and oxygen atoms in total. The summed E-state index contributed by atoms with van der Waals surface area (Å²) >= 11 is 0. The van der Waals surface area contributed by atoms with Crippen molar-refractivity contribution in [2.75, 3.05) is 39.3 Å². The van der Waals surface area contributed by atoms with Gasteiger partial charge in [-0.3, -0.25) is 4.90 Å². The van der Waals surface area contributed by atoms with E-state index in [-0.39, 0.29) is 12.0 Å². The van der Waals surface area contributed by atoms with Crippen LogP contribution in [0.25, 0.3) is 11.0 Å². The number of nitrogens with one attached hydrogen (secondary N) is 1. The SMILES string of the molecule is Cc1cc2c(C(C3CCNC3)N(CCN3CCCCC3)C(=O)O)ccnc2n1C. The standard InChI is InChI=1S/C22H33N5O2/c1-16-14-19-18(7-9-24-21(19)25(16)2)20(17-6-8-23-15-17)27(22(28)29)13-12-26-10-4-3-5-11-26/h7,9,14,17,20,23H,3-6,8,10-13,15H2,1-2H3,(H,28,29). The van der Waals surface area contributed by atoms with Crippen LogP contribution in [-0.2, 0) is 7.05 Å². The first kappa shape index (κ1) is 20.2. The van der Waals surface area contributed by atoms with E-state index in [4.69, 9.17) is 0 Å². The molecule has 2 unspecified atom stereocenters. The average Bonchev–Trinajstić information content (AvgIpc) is 3.35. The first-order valence-electron chi connectivity index (χ1n) is 10.9. The van der Waals surface area contributed by atoms with Gasteiger partial charge in [-0.05, 0) is 69.4 Å². The molecule has 2 aliphatic heterocycles. The molecule has 158 valence electrons. The van der Waals surface area contributed by atoms with Crippen molar-refractivity contribution >= 4 is 17.1 Å². The van der Waals surface area contributed by atoms with E-state index in [2.05, 4.69) is 32.8 Å². The zero-order chi connectivity index (χ0) is 20.4. The lowest BCUT2D eigenvalue weighted by Gasteiger charge is -2.36. The minimum atomic E-state index is -0.823. The van der Waals surface area contributed by atoms with Gasteiger partial charge in [0, 0.05) is 44.0 Å². The van der Waals surface area contributed by atoms with Crippen molar-refractivity contribution in [1.82, 2.24) is 24.7 Å². The van der Waals surface area contributed by atoms with Crippen LogP contribution in [0.2, 0.25) is 0 Å². The van der Waals surface area contributed by atoms with E-state index in [9.17, 15) is 9.90 Å². The van der Waals surface area contributed by atoms with Crippen molar-refractivity contribution in [3.05, 3.63) is 29.6 Å². The van der Waals surface area contributed by atoms with Crippen LogP contribution in [0.5, 0.6) is 0 Å². The smallest absolute Gasteiger partial charge is 0.407 e. The van der Waals surface area contributed by atoms with Crippen molar-refractivity contribution in [2.24, 2.45) is 13.0 Å². The number of rotatable bonds is 6. The number of fused-ring (bicyclic) bond motifs is 1. The largest absolute Gasteiger partial charge is 0.465 e. The molecule has 7 heteroatoms. The summed E-state index contributed by atoms with van der Waals surface area (Å²) in [5.74, 6) is 0.276. The van der Waals surface area contributed by atoms with E-state index in [0.29, 0.717) is 6.54 Å². The Morgan fingerprint density at radius 1 is 1.38 bits per heavy atom. The van der Waals surface area contributed by atoms with Crippen LogP contribution in [0.1, 0.15) is 43.0 Å². The van der Waals surface area contributed by atoms with E-state index in [0.717, 1.165) is 61.4 Å². The predicted molar refractivity (Wildman–Crippen MR) is 114 cm³/mol. The third-order valence-corrected chi connectivity index (χ3v) is 6.75. The molecule has 2 atom stereocenters. The maximum absolute atomic E-state index is 12.4. The van der Waals surface area contributed by atoms with Crippen LogP contribution in [-0.4, -0.2) is 69.8 Å². The Kier molecular flexibility index (Phi) is 6.06. The Labute approximate surface area is 172 Å². The van der Waals surface area contributed by atoms with E-state index in [1.54, 1.807) is 4.90 Å². The lowest BCUT2D eigenvalue weighted by molar-refractivity contribution is 0.0948. The highest BCUT2D eigenvalue weighted by molar-refractivity contribution is 5.82. The van der Waals surface area contributed by atoms with Crippen molar-refractivity contribution in [2.45, 2.75) is 38.6 Å². The number of carbonyl (C=O) groups is 1. The maximum atomic E-state index is 12.4. The van der Waals surface area contributed by atoms with Crippen LogP contribution >= 0.6 is 0 Å². The number of piperidine rings is 1. The highest BCUT2D eigenvalue weighted by Gasteiger charge is 2.35. The first-order chi connectivity index (χ1) is 14.1. The molecule has 4 heterocycles. The Hall–Kier alpha value is -2.12. The summed E-state index contributed by atoms with van der Waals surface area (Å²) in [6.07, 6.45) is 5.73. The van der Waals surface area contributed by atoms with Crippen LogP contribution in [0.3, 0.4) is 0 Å². The molecule has 0 aliphatic carbocycles. The van der Waals surface area contributed by atoms with Gasteiger partial charge in [0.05, 0.1) is 6.04 Å². The summed E-state index contributed by atoms with van der Waals surface area (Å²) in [6.45, 7) is 7.40. The molecule has 0 radical (unpaired) electrons. The Morgan fingerprint density at radius 2 is 2.17 bits per heavy atom. The lowest BCUT2D eigenvalue weighted by atomic mass is 9.89. The second kappa shape index (κ2) is 8.71. The summed E-state index contributed by atoms with van der Waals surface area (Å²) in [7, 11) is 2.02. The molecular formula is C22H33N5O2. The second-order valence-corrected chi connectivity index (χ2v) is 8.56. The first-order valence-corrected chi connectivity index (χ1v) is 10.9. The van der Waals surface area contributed by atoms with Gasteiger partial charge in [-0.2, -0.15) is 0 Å². The number of likely N-dealkylation sites (tertiary alicyclic amines) is 1. The molecular weight excluding hydrogens is 366 g/mol. The van der Waals surface area contributed by atoms with E-state index in [1.165, 1.54) is 19.3 Å². The van der Waals surface area contributed by atoms with Crippen LogP contribution < -0.4 is 5.32 Å². The molecule has 2 aromatic rings. The predicted octanol–water partition coefficient (Wildman–Crippen LogP) is 3.00. The molecule has 0 saturated carbocycles. The quantitative estimate of drug-likeness (QED) is 0.781. The monoisotopic (exact) mass is 399 g/mol. The van der Waals surface area contributed by atoms with Crippen molar-refractivity contribution < 1.29 is 9.90 Å². The molecule has 0 bridgehead atoms. The number of carboxylic acid groups (broad SMARTS) is 1. The number of aromatic nitrogens is 2. The van der Waals surface area contributed by atoms with Gasteiger partial charge in [-0.1, -0.05) is 6.42 Å². The Morgan fingerprint density at radius 3 is 2.86 bits per heavy atom. The van der Waals surface area contributed by atoms with Gasteiger partial charge in [-0.15, -0.1) is 0 Å². The van der Waals surface area contributed by atoms with Crippen molar-refractivity contribution in [3.8, 4) is 0 Å². The summed E-state index contributed by atoms with van der Waals surface area (Å²) in [4.78, 5) is 21.1. The van der Waals surface area contributed by atoms with Gasteiger partial charge in [0.1, 0.15) is 5.65 Å². The second-order valence-electron chi connectivity index (χ2n) is 8.56. The fourth-order valence-electron chi connectivity index (χ4n) is 5.03. The number of hydrogen-bond acceptors (Lipinski definition) is 4. The number of nitrogens with zero attached hydrogens (tertiary/aromatic N) is 4. The molecule has 4 rings (SSSR count). The fourth-order valence-corrected chi connectivity index (χ4v) is 5.03. The topological polar surface area (TPSA) is 73.6 Å². The van der Waals surface area contributed by atoms with Gasteiger partial charge in [0.25, 0.3) is 0 Å². The van der Waals surface area contributed by atoms with Gasteiger partial charge in [0.2, 0.25) is 0 Å². The normalized spacial score (nSPS) is 21.5. The Bertz CT molecular complexity index is 852. The molecule has 2 aromatic heterocycles. The zero-order valence-electron chi connectivity index (χ0n) is 17.6. The summed E-state index contributed by atoms with van der Waals surface area (Å²) in [5.41, 5.74) is 3.16. The molecule has 2 saturated heterocycles. The van der Waals surface area contributed by atoms with Gasteiger partial charge in [-0.25, -0.2) is 9.78 Å². The minimum Gasteiger partial charge on any atom is -0.465 e. The molecule has 2 aliphatic rings. The molecule has 2 fully saturated rings. The average molecular weight is 400 g/mol. The summed E-state index contributed by atoms with van der Waals surface area (Å²) in [6, 6.07) is 4.03. The van der Waals surface area contributed by atoms with E-state index in [1.807, 2.05) is 19.3 Å². The molecule has 2 N–H and O–H groups in total. The summed E-state index contributed by atoms with van der Waals surface area (Å²) in [5, 5.41) is 14.7. The Balaban J connectivity index is 1.68. The third kappa shape index (κ3) is 4.12. The van der Waals surface area contributed by atoms with Crippen LogP contribution in [0, 0.1) is 12.8 Å². The van der Waals surface area contributed by atoms with E-state index < -0.39 is 6.09 Å². The zero-order valence-corrected chi connectivity index (χ0v) is 17.6. The van der Waals surface area contributed by atoms with Crippen LogP contribution in [0.15, 0.2) is 18.3 Å². The number of pyridine rings is 1. The lowest BCUT2D eigenvalue weighted by Crippen LogP contribution is -2.44. The maximum Gasteiger partial charge on any atom is 0.407 e. The highest BCUT2D eigenvalue weighted by Crippen LogP contribution is 2.37. The van der Waals surface area contributed by atoms with Crippen molar-refractivity contribution in [1.29, 1.82) is 0 Å². The number of amides is 1. The van der Waals surface area contributed by atoms with Gasteiger partial charge in [0.15, 0.2) is 0 Å². The third-order valence-electron chi connectivity index (χ3n) is 6.75. The highest BCUT2D eigenvalue weighted by atomic mass is 16.4. The fraction of sp³-hybridized carbons (Fsp3) is 0.636. The van der Waals surface area contributed by atoms with Gasteiger partial charge >= 0.3 is 6.09 Å². The number of hydrogen-bond donors (Lipinski definition) is 2. The van der Waals surface area contributed by atoms with Crippen LogP contribution in [0.4, 0.5) is 4.79 Å².